The van der Waals surface area contributed by atoms with Crippen LogP contribution in [0.25, 0.3) is 0 Å². The number of rotatable bonds is 4. The molecule has 1 radical (unpaired) electrons. The van der Waals surface area contributed by atoms with E-state index in [1.54, 1.807) is 18.9 Å². The number of hydrogen-bond donors (Lipinski definition) is 0. The summed E-state index contributed by atoms with van der Waals surface area (Å²) >= 11 is 0. The largest absolute Gasteiger partial charge is 0.541 e. The second kappa shape index (κ2) is 8.45. The number of likely N-dealkylation sites (tertiary alicyclic amines) is 1. The van der Waals surface area contributed by atoms with Gasteiger partial charge in [0.05, 0.1) is 12.1 Å². The molecule has 3 atom stereocenters. The Balaban J connectivity index is 0.00000361. The maximum atomic E-state index is 12.2. The second-order valence-corrected chi connectivity index (χ2v) is 5.99. The fourth-order valence-corrected chi connectivity index (χ4v) is 2.44. The van der Waals surface area contributed by atoms with E-state index in [1.165, 1.54) is 0 Å². The molecule has 0 saturated carbocycles. The predicted molar refractivity (Wildman–Crippen MR) is 71.6 cm³/mol. The molecule has 20 heavy (non-hydrogen) atoms. The van der Waals surface area contributed by atoms with Gasteiger partial charge in [-0.1, -0.05) is 6.92 Å². The molecule has 5 nitrogen and oxygen atoms in total. The summed E-state index contributed by atoms with van der Waals surface area (Å²) in [4.78, 5) is 24.7. The minimum absolute atomic E-state index is 0. The number of nitrogens with zero attached hydrogens (tertiary/aromatic N) is 1. The molecule has 0 unspecified atom stereocenters. The number of methoxy groups -OCH3 is 1. The van der Waals surface area contributed by atoms with E-state index in [1.807, 2.05) is 27.1 Å². The molecule has 0 aliphatic carbocycles. The third-order valence-corrected chi connectivity index (χ3v) is 3.26. The average molecular weight is 359 g/mol. The molecule has 6 heteroatoms. The summed E-state index contributed by atoms with van der Waals surface area (Å²) < 4.78 is 10.8. The van der Waals surface area contributed by atoms with E-state index in [-0.39, 0.29) is 56.9 Å². The fourth-order valence-electron chi connectivity index (χ4n) is 2.44. The van der Waals surface area contributed by atoms with Gasteiger partial charge in [-0.3, -0.25) is 6.29 Å². The van der Waals surface area contributed by atoms with Crippen LogP contribution in [-0.2, 0) is 47.0 Å². The van der Waals surface area contributed by atoms with Crippen molar-refractivity contribution >= 4 is 12.4 Å². The van der Waals surface area contributed by atoms with Crippen molar-refractivity contribution in [1.82, 2.24) is 4.90 Å². The van der Waals surface area contributed by atoms with Crippen molar-refractivity contribution in [3.8, 4) is 0 Å². The molecule has 1 aliphatic heterocycles. The first-order chi connectivity index (χ1) is 8.80. The average Bonchev–Trinajstić information content (AvgIpc) is 2.76. The van der Waals surface area contributed by atoms with Crippen LogP contribution in [0.4, 0.5) is 4.79 Å². The first-order valence-corrected chi connectivity index (χ1v) is 6.70. The van der Waals surface area contributed by atoms with Crippen molar-refractivity contribution in [2.75, 3.05) is 13.7 Å². The molecule has 1 aliphatic rings. The topological polar surface area (TPSA) is 55.8 Å². The summed E-state index contributed by atoms with van der Waals surface area (Å²) in [5.74, 6) is -0.363. The van der Waals surface area contributed by atoms with E-state index in [4.69, 9.17) is 9.47 Å². The Morgan fingerprint density at radius 3 is 2.45 bits per heavy atom. The Bertz CT molecular complexity index is 330. The third-order valence-electron chi connectivity index (χ3n) is 3.26. The summed E-state index contributed by atoms with van der Waals surface area (Å²) in [6.07, 6.45) is 3.00. The number of carbonyl (C=O) groups excluding carboxylic acids is 2. The zero-order valence-corrected chi connectivity index (χ0v) is 15.8. The molecule has 1 heterocycles. The predicted octanol–water partition coefficient (Wildman–Crippen LogP) is 2.14. The maximum absolute atomic E-state index is 12.2. The van der Waals surface area contributed by atoms with Gasteiger partial charge in [0, 0.05) is 46.4 Å². The molecule has 0 aromatic heterocycles. The van der Waals surface area contributed by atoms with E-state index in [2.05, 4.69) is 0 Å². The van der Waals surface area contributed by atoms with Crippen LogP contribution >= 0.6 is 0 Å². The molecular weight excluding hydrogens is 335 g/mol. The number of hydrogen-bond acceptors (Lipinski definition) is 4. The Kier molecular flexibility index (Phi) is 8.45. The van der Waals surface area contributed by atoms with Gasteiger partial charge in [-0.05, 0) is 33.6 Å². The van der Waals surface area contributed by atoms with Crippen LogP contribution in [0.5, 0.6) is 0 Å². The van der Waals surface area contributed by atoms with E-state index in [0.717, 1.165) is 12.8 Å². The summed E-state index contributed by atoms with van der Waals surface area (Å²) in [5.41, 5.74) is -0.519. The first-order valence-electron chi connectivity index (χ1n) is 6.70. The molecule has 1 amide bonds. The minimum Gasteiger partial charge on any atom is -0.541 e. The summed E-state index contributed by atoms with van der Waals surface area (Å²) in [6, 6.07) is -0.115. The Morgan fingerprint density at radius 2 is 2.00 bits per heavy atom. The fraction of sp³-hybridized carbons (Fsp3) is 0.857. The van der Waals surface area contributed by atoms with Gasteiger partial charge in [-0.25, -0.2) is 4.79 Å². The molecule has 113 valence electrons. The van der Waals surface area contributed by atoms with Gasteiger partial charge < -0.3 is 19.2 Å². The zero-order valence-electron chi connectivity index (χ0n) is 13.0. The third kappa shape index (κ3) is 5.42. The molecule has 1 rings (SSSR count). The van der Waals surface area contributed by atoms with E-state index in [9.17, 15) is 9.59 Å². The number of amides is 1. The zero-order chi connectivity index (χ0) is 14.6. The Labute approximate surface area is 146 Å². The second-order valence-electron chi connectivity index (χ2n) is 5.99. The molecule has 0 N–H and O–H groups in total. The monoisotopic (exact) mass is 359 g/mol. The van der Waals surface area contributed by atoms with Gasteiger partial charge in [0.1, 0.15) is 5.60 Å². The van der Waals surface area contributed by atoms with Gasteiger partial charge >= 0.3 is 6.09 Å². The van der Waals surface area contributed by atoms with Crippen molar-refractivity contribution in [3.05, 3.63) is 0 Å². The van der Waals surface area contributed by atoms with E-state index < -0.39 is 5.60 Å². The Morgan fingerprint density at radius 1 is 1.40 bits per heavy atom. The molecular formula is C14H24NO4Y-. The van der Waals surface area contributed by atoms with Crippen LogP contribution in [0.2, 0.25) is 0 Å². The van der Waals surface area contributed by atoms with Crippen LogP contribution in [0.1, 0.15) is 40.5 Å². The van der Waals surface area contributed by atoms with Gasteiger partial charge in [-0.2, -0.15) is 0 Å². The van der Waals surface area contributed by atoms with Crippen molar-refractivity contribution in [2.24, 2.45) is 5.92 Å². The van der Waals surface area contributed by atoms with Crippen molar-refractivity contribution < 1.29 is 51.8 Å². The molecule has 0 aromatic rings. The van der Waals surface area contributed by atoms with Gasteiger partial charge in [0.25, 0.3) is 0 Å². The Hall–Kier alpha value is 0.00390. The normalized spacial score (nSPS) is 21.9. The summed E-state index contributed by atoms with van der Waals surface area (Å²) in [6.45, 7) is 7.92. The number of carbonyl (C=O) groups is 1. The number of ether oxygens (including phenoxy) is 2. The van der Waals surface area contributed by atoms with Crippen LogP contribution in [-0.4, -0.2) is 48.7 Å². The van der Waals surface area contributed by atoms with E-state index in [0.29, 0.717) is 6.54 Å². The molecule has 0 aromatic carbocycles. The smallest absolute Gasteiger partial charge is 0.410 e. The SMILES string of the molecule is CO[C@H]([C@@H](C)[C-]=O)[C@@H]1CCCN1C(=O)OC(C)(C)C.[Y]. The quantitative estimate of drug-likeness (QED) is 0.722. The van der Waals surface area contributed by atoms with Crippen LogP contribution in [0.3, 0.4) is 0 Å². The first kappa shape index (κ1) is 20.0. The standard InChI is InChI=1S/C14H24NO4.Y/c1-10(9-16)12(18-5)11-7-6-8-15(11)13(17)19-14(2,3)4;/h10-12H,6-8H2,1-5H3;/q-1;/t10-,11-,12+;/m0./s1. The molecule has 0 bridgehead atoms. The van der Waals surface area contributed by atoms with Gasteiger partial charge in [0.15, 0.2) is 0 Å². The molecule has 0 spiro atoms. The van der Waals surface area contributed by atoms with Crippen LogP contribution in [0, 0.1) is 5.92 Å². The van der Waals surface area contributed by atoms with Crippen molar-refractivity contribution in [3.63, 3.8) is 0 Å². The summed E-state index contributed by atoms with van der Waals surface area (Å²) in [5, 5.41) is 0. The van der Waals surface area contributed by atoms with E-state index >= 15 is 0 Å². The summed E-state index contributed by atoms with van der Waals surface area (Å²) in [7, 11) is 1.56. The molecule has 1 fully saturated rings. The van der Waals surface area contributed by atoms with Crippen molar-refractivity contribution in [1.29, 1.82) is 0 Å². The van der Waals surface area contributed by atoms with Gasteiger partial charge in [0.2, 0.25) is 0 Å². The van der Waals surface area contributed by atoms with Crippen molar-refractivity contribution in [2.45, 2.75) is 58.3 Å². The minimum atomic E-state index is -0.519. The van der Waals surface area contributed by atoms with Crippen LogP contribution in [0.15, 0.2) is 0 Å². The maximum Gasteiger partial charge on any atom is 0.410 e. The molecule has 1 saturated heterocycles. The van der Waals surface area contributed by atoms with Gasteiger partial charge in [-0.15, -0.1) is 5.92 Å². The van der Waals surface area contributed by atoms with Crippen LogP contribution < -0.4 is 0 Å².